The number of amides is 2. The predicted octanol–water partition coefficient (Wildman–Crippen LogP) is 2.90. The Labute approximate surface area is 163 Å². The van der Waals surface area contributed by atoms with Gasteiger partial charge in [-0.1, -0.05) is 12.1 Å². The average Bonchev–Trinajstić information content (AvgIpc) is 3.21. The van der Waals surface area contributed by atoms with Crippen LogP contribution in [-0.2, 0) is 4.79 Å². The third kappa shape index (κ3) is 3.90. The molecule has 3 atom stereocenters. The number of hydrogen-bond acceptors (Lipinski definition) is 5. The molecule has 1 saturated heterocycles. The highest BCUT2D eigenvalue weighted by atomic mass is 16.4. The van der Waals surface area contributed by atoms with Crippen LogP contribution in [0.15, 0.2) is 36.7 Å². The molecule has 2 aliphatic rings. The van der Waals surface area contributed by atoms with Crippen LogP contribution in [0.4, 0.5) is 16.3 Å². The van der Waals surface area contributed by atoms with E-state index in [9.17, 15) is 9.59 Å². The minimum atomic E-state index is -0.814. The topological polar surface area (TPSA) is 107 Å². The maximum Gasteiger partial charge on any atom is 0.407 e. The number of nitrogens with zero attached hydrogens (tertiary/aromatic N) is 3. The molecule has 0 radical (unpaired) electrons. The van der Waals surface area contributed by atoms with Crippen molar-refractivity contribution in [2.45, 2.75) is 25.8 Å². The Bertz CT molecular complexity index is 854. The van der Waals surface area contributed by atoms with E-state index in [1.807, 2.05) is 24.3 Å². The highest BCUT2D eigenvalue weighted by molar-refractivity contribution is 5.88. The molecule has 3 N–H and O–H groups in total. The molecular weight excluding hydrogens is 358 g/mol. The molecule has 8 nitrogen and oxygen atoms in total. The van der Waals surface area contributed by atoms with Crippen molar-refractivity contribution in [2.24, 2.45) is 11.8 Å². The summed E-state index contributed by atoms with van der Waals surface area (Å²) in [6, 6.07) is 7.77. The molecule has 1 unspecified atom stereocenters. The first-order chi connectivity index (χ1) is 13.5. The van der Waals surface area contributed by atoms with Gasteiger partial charge in [0.25, 0.3) is 0 Å². The first-order valence-corrected chi connectivity index (χ1v) is 9.42. The van der Waals surface area contributed by atoms with Crippen molar-refractivity contribution in [3.8, 4) is 11.3 Å². The van der Waals surface area contributed by atoms with E-state index in [-0.39, 0.29) is 5.91 Å². The summed E-state index contributed by atoms with van der Waals surface area (Å²) in [5.41, 5.74) is 2.44. The van der Waals surface area contributed by atoms with Gasteiger partial charge in [0.15, 0.2) is 0 Å². The SMILES string of the molecule is CC(=O)Nc1ccc(-c2cnc(NC3C[C@@H]4CN(C(=O)O)C[C@@H]4C3)cn2)cc1. The summed E-state index contributed by atoms with van der Waals surface area (Å²) >= 11 is 0. The van der Waals surface area contributed by atoms with Crippen LogP contribution in [0.5, 0.6) is 0 Å². The molecule has 28 heavy (non-hydrogen) atoms. The number of aromatic nitrogens is 2. The number of anilines is 2. The van der Waals surface area contributed by atoms with Crippen molar-refractivity contribution in [3.63, 3.8) is 0 Å². The van der Waals surface area contributed by atoms with Crippen molar-refractivity contribution < 1.29 is 14.7 Å². The van der Waals surface area contributed by atoms with E-state index in [0.29, 0.717) is 31.0 Å². The summed E-state index contributed by atoms with van der Waals surface area (Å²) in [6.45, 7) is 2.75. The summed E-state index contributed by atoms with van der Waals surface area (Å²) in [6.07, 6.45) is 4.57. The first kappa shape index (κ1) is 18.2. The molecule has 1 saturated carbocycles. The van der Waals surface area contributed by atoms with Gasteiger partial charge in [-0.2, -0.15) is 0 Å². The van der Waals surface area contributed by atoms with Crippen molar-refractivity contribution >= 4 is 23.5 Å². The third-order valence-corrected chi connectivity index (χ3v) is 5.53. The van der Waals surface area contributed by atoms with Crippen LogP contribution in [0.1, 0.15) is 19.8 Å². The summed E-state index contributed by atoms with van der Waals surface area (Å²) in [5, 5.41) is 15.3. The maximum absolute atomic E-state index is 11.1. The summed E-state index contributed by atoms with van der Waals surface area (Å²) in [4.78, 5) is 32.7. The zero-order valence-corrected chi connectivity index (χ0v) is 15.6. The molecule has 2 heterocycles. The highest BCUT2D eigenvalue weighted by Gasteiger charge is 2.42. The minimum Gasteiger partial charge on any atom is -0.465 e. The van der Waals surface area contributed by atoms with Gasteiger partial charge >= 0.3 is 6.09 Å². The fourth-order valence-corrected chi connectivity index (χ4v) is 4.26. The lowest BCUT2D eigenvalue weighted by Crippen LogP contribution is -2.29. The van der Waals surface area contributed by atoms with Crippen LogP contribution in [-0.4, -0.2) is 51.1 Å². The smallest absolute Gasteiger partial charge is 0.407 e. The standard InChI is InChI=1S/C20H23N5O3/c1-12(26)23-16-4-2-13(3-5-16)18-8-22-19(9-21-18)24-17-6-14-10-25(20(27)28)11-15(14)7-17/h2-5,8-9,14-15,17H,6-7,10-11H2,1H3,(H,22,24)(H,23,26)(H,27,28)/t14-,15+,17?. The van der Waals surface area contributed by atoms with E-state index >= 15 is 0 Å². The van der Waals surface area contributed by atoms with Crippen molar-refractivity contribution in [1.29, 1.82) is 0 Å². The van der Waals surface area contributed by atoms with E-state index in [2.05, 4.69) is 20.6 Å². The number of hydrogen-bond donors (Lipinski definition) is 3. The van der Waals surface area contributed by atoms with Gasteiger partial charge < -0.3 is 20.6 Å². The number of nitrogens with one attached hydrogen (secondary N) is 2. The van der Waals surface area contributed by atoms with Crippen molar-refractivity contribution in [1.82, 2.24) is 14.9 Å². The van der Waals surface area contributed by atoms with E-state index in [0.717, 1.165) is 35.6 Å². The molecule has 1 aromatic heterocycles. The van der Waals surface area contributed by atoms with Crippen LogP contribution in [0, 0.1) is 11.8 Å². The van der Waals surface area contributed by atoms with Gasteiger partial charge in [-0.15, -0.1) is 0 Å². The molecular formula is C20H23N5O3. The van der Waals surface area contributed by atoms with E-state index in [1.54, 1.807) is 12.4 Å². The van der Waals surface area contributed by atoms with Crippen LogP contribution in [0.25, 0.3) is 11.3 Å². The number of fused-ring (bicyclic) bond motifs is 1. The Kier molecular flexibility index (Phi) is 4.85. The second-order valence-corrected chi connectivity index (χ2v) is 7.57. The van der Waals surface area contributed by atoms with Crippen LogP contribution in [0.2, 0.25) is 0 Å². The average molecular weight is 381 g/mol. The van der Waals surface area contributed by atoms with Gasteiger partial charge in [-0.25, -0.2) is 9.78 Å². The Morgan fingerprint density at radius 2 is 1.75 bits per heavy atom. The lowest BCUT2D eigenvalue weighted by molar-refractivity contribution is -0.114. The monoisotopic (exact) mass is 381 g/mol. The molecule has 1 aliphatic carbocycles. The quantitative estimate of drug-likeness (QED) is 0.752. The van der Waals surface area contributed by atoms with E-state index in [4.69, 9.17) is 5.11 Å². The van der Waals surface area contributed by atoms with Gasteiger partial charge in [0.2, 0.25) is 5.91 Å². The fraction of sp³-hybridized carbons (Fsp3) is 0.400. The fourth-order valence-electron chi connectivity index (χ4n) is 4.26. The lowest BCUT2D eigenvalue weighted by Gasteiger charge is -2.17. The molecule has 1 aliphatic heterocycles. The normalized spacial score (nSPS) is 23.3. The largest absolute Gasteiger partial charge is 0.465 e. The summed E-state index contributed by atoms with van der Waals surface area (Å²) < 4.78 is 0. The zero-order chi connectivity index (χ0) is 19.7. The Balaban J connectivity index is 1.34. The molecule has 2 aromatic rings. The molecule has 146 valence electrons. The molecule has 1 aromatic carbocycles. The summed E-state index contributed by atoms with van der Waals surface area (Å²) in [5.74, 6) is 1.50. The van der Waals surface area contributed by atoms with Crippen molar-refractivity contribution in [2.75, 3.05) is 23.7 Å². The van der Waals surface area contributed by atoms with Crippen LogP contribution in [0.3, 0.4) is 0 Å². The Morgan fingerprint density at radius 3 is 2.29 bits per heavy atom. The van der Waals surface area contributed by atoms with Crippen LogP contribution >= 0.6 is 0 Å². The minimum absolute atomic E-state index is 0.102. The van der Waals surface area contributed by atoms with E-state index < -0.39 is 6.09 Å². The first-order valence-electron chi connectivity index (χ1n) is 9.42. The van der Waals surface area contributed by atoms with Gasteiger partial charge in [0.05, 0.1) is 18.1 Å². The second kappa shape index (κ2) is 7.46. The van der Waals surface area contributed by atoms with Gasteiger partial charge in [-0.05, 0) is 36.8 Å². The number of likely N-dealkylation sites (tertiary alicyclic amines) is 1. The third-order valence-electron chi connectivity index (χ3n) is 5.53. The molecule has 8 heteroatoms. The zero-order valence-electron chi connectivity index (χ0n) is 15.6. The number of carbonyl (C=O) groups is 2. The molecule has 0 bridgehead atoms. The van der Waals surface area contributed by atoms with E-state index in [1.165, 1.54) is 11.8 Å². The predicted molar refractivity (Wildman–Crippen MR) is 105 cm³/mol. The molecule has 2 fully saturated rings. The maximum atomic E-state index is 11.1. The van der Waals surface area contributed by atoms with Crippen molar-refractivity contribution in [3.05, 3.63) is 36.7 Å². The van der Waals surface area contributed by atoms with Crippen LogP contribution < -0.4 is 10.6 Å². The Hall–Kier alpha value is -3.16. The number of rotatable bonds is 4. The highest BCUT2D eigenvalue weighted by Crippen LogP contribution is 2.39. The summed E-state index contributed by atoms with van der Waals surface area (Å²) in [7, 11) is 0. The molecule has 0 spiro atoms. The Morgan fingerprint density at radius 1 is 1.07 bits per heavy atom. The number of benzene rings is 1. The number of carbonyl (C=O) groups excluding carboxylic acids is 1. The van der Waals surface area contributed by atoms with Gasteiger partial charge in [0.1, 0.15) is 5.82 Å². The molecule has 2 amide bonds. The lowest BCUT2D eigenvalue weighted by atomic mass is 10.0. The number of carboxylic acid groups (broad SMARTS) is 1. The molecule has 4 rings (SSSR count). The van der Waals surface area contributed by atoms with Gasteiger partial charge in [0, 0.05) is 37.3 Å². The second-order valence-electron chi connectivity index (χ2n) is 7.57. The van der Waals surface area contributed by atoms with Gasteiger partial charge in [-0.3, -0.25) is 9.78 Å².